The van der Waals surface area contributed by atoms with Crippen molar-refractivity contribution in [3.8, 4) is 0 Å². The first-order valence-electron chi connectivity index (χ1n) is 7.81. The van der Waals surface area contributed by atoms with E-state index in [1.165, 1.54) is 26.2 Å². The Kier molecular flexibility index (Phi) is 6.05. The molecule has 2 heterocycles. The fourth-order valence-corrected chi connectivity index (χ4v) is 2.93. The highest BCUT2D eigenvalue weighted by Crippen LogP contribution is 2.18. The van der Waals surface area contributed by atoms with Crippen LogP contribution in [0.15, 0.2) is 0 Å². The second kappa shape index (κ2) is 7.58. The topological polar surface area (TPSA) is 36.3 Å². The van der Waals surface area contributed by atoms with Gasteiger partial charge in [0.25, 0.3) is 0 Å². The predicted molar refractivity (Wildman–Crippen MR) is 88.1 cm³/mol. The first kappa shape index (κ1) is 16.7. The molecule has 6 heteroatoms. The van der Waals surface area contributed by atoms with Crippen LogP contribution in [0.1, 0.15) is 18.3 Å². The molecule has 5 nitrogen and oxygen atoms in total. The van der Waals surface area contributed by atoms with Gasteiger partial charge in [-0.1, -0.05) is 11.6 Å². The molecule has 120 valence electrons. The SMILES string of the molecule is Cc1nn(CCN[C@H](C)CN2CCN(C)CC2)c(C)c1Cl. The smallest absolute Gasteiger partial charge is 0.0844 e. The number of piperazine rings is 1. The average Bonchev–Trinajstić information content (AvgIpc) is 2.69. The van der Waals surface area contributed by atoms with Crippen molar-refractivity contribution in [3.63, 3.8) is 0 Å². The molecule has 1 aromatic heterocycles. The quantitative estimate of drug-likeness (QED) is 0.861. The van der Waals surface area contributed by atoms with Crippen LogP contribution >= 0.6 is 11.6 Å². The van der Waals surface area contributed by atoms with E-state index in [1.807, 2.05) is 18.5 Å². The fourth-order valence-electron chi connectivity index (χ4n) is 2.79. The van der Waals surface area contributed by atoms with Crippen LogP contribution in [-0.2, 0) is 6.54 Å². The second-order valence-corrected chi connectivity index (χ2v) is 6.54. The third-order valence-corrected chi connectivity index (χ3v) is 4.78. The summed E-state index contributed by atoms with van der Waals surface area (Å²) in [6, 6.07) is 0.501. The summed E-state index contributed by atoms with van der Waals surface area (Å²) < 4.78 is 1.99. The van der Waals surface area contributed by atoms with Gasteiger partial charge in [-0.15, -0.1) is 0 Å². The van der Waals surface area contributed by atoms with Crippen LogP contribution in [0, 0.1) is 13.8 Å². The van der Waals surface area contributed by atoms with Gasteiger partial charge in [0.15, 0.2) is 0 Å². The Balaban J connectivity index is 1.69. The van der Waals surface area contributed by atoms with Gasteiger partial charge in [0, 0.05) is 45.3 Å². The van der Waals surface area contributed by atoms with Crippen LogP contribution in [0.2, 0.25) is 5.02 Å². The van der Waals surface area contributed by atoms with Crippen molar-refractivity contribution in [3.05, 3.63) is 16.4 Å². The van der Waals surface area contributed by atoms with Gasteiger partial charge in [-0.2, -0.15) is 5.10 Å². The normalized spacial score (nSPS) is 19.1. The minimum atomic E-state index is 0.501. The number of aromatic nitrogens is 2. The maximum atomic E-state index is 6.17. The molecule has 0 amide bonds. The molecule has 0 spiro atoms. The van der Waals surface area contributed by atoms with Gasteiger partial charge in [-0.05, 0) is 27.8 Å². The number of hydrogen-bond donors (Lipinski definition) is 1. The van der Waals surface area contributed by atoms with Crippen molar-refractivity contribution < 1.29 is 0 Å². The van der Waals surface area contributed by atoms with E-state index in [1.54, 1.807) is 0 Å². The van der Waals surface area contributed by atoms with Gasteiger partial charge in [-0.25, -0.2) is 0 Å². The van der Waals surface area contributed by atoms with Crippen molar-refractivity contribution in [2.45, 2.75) is 33.4 Å². The first-order valence-corrected chi connectivity index (χ1v) is 8.19. The Morgan fingerprint density at radius 3 is 2.48 bits per heavy atom. The first-order chi connectivity index (χ1) is 9.97. The number of nitrogens with one attached hydrogen (secondary N) is 1. The molecule has 21 heavy (non-hydrogen) atoms. The van der Waals surface area contributed by atoms with Gasteiger partial charge >= 0.3 is 0 Å². The fraction of sp³-hybridized carbons (Fsp3) is 0.800. The lowest BCUT2D eigenvalue weighted by atomic mass is 10.2. The van der Waals surface area contributed by atoms with Crippen LogP contribution < -0.4 is 5.32 Å². The molecule has 1 atom stereocenters. The summed E-state index contributed by atoms with van der Waals surface area (Å²) >= 11 is 6.17. The van der Waals surface area contributed by atoms with Crippen molar-refractivity contribution >= 4 is 11.6 Å². The molecule has 0 unspecified atom stereocenters. The summed E-state index contributed by atoms with van der Waals surface area (Å²) in [4.78, 5) is 4.93. The molecule has 0 aromatic carbocycles. The van der Waals surface area contributed by atoms with Gasteiger partial charge in [-0.3, -0.25) is 9.58 Å². The molecule has 1 aliphatic rings. The molecule has 0 radical (unpaired) electrons. The highest BCUT2D eigenvalue weighted by molar-refractivity contribution is 6.31. The standard InChI is InChI=1S/C15H28ClN5/c1-12(11-20-9-7-19(4)8-10-20)17-5-6-21-14(3)15(16)13(2)18-21/h12,17H,5-11H2,1-4H3/t12-/m1/s1. The molecule has 1 aromatic rings. The van der Waals surface area contributed by atoms with Crippen LogP contribution in [-0.4, -0.2) is 71.9 Å². The van der Waals surface area contributed by atoms with Crippen LogP contribution in [0.25, 0.3) is 0 Å². The zero-order valence-corrected chi connectivity index (χ0v) is 14.4. The summed E-state index contributed by atoms with van der Waals surface area (Å²) in [6.45, 7) is 13.8. The predicted octanol–water partition coefficient (Wildman–Crippen LogP) is 1.38. The van der Waals surface area contributed by atoms with Crippen molar-refractivity contribution in [1.82, 2.24) is 24.9 Å². The lowest BCUT2D eigenvalue weighted by Gasteiger charge is -2.34. The summed E-state index contributed by atoms with van der Waals surface area (Å²) in [5.41, 5.74) is 1.97. The Hall–Kier alpha value is -0.620. The van der Waals surface area contributed by atoms with Crippen molar-refractivity contribution in [2.75, 3.05) is 46.3 Å². The number of halogens is 1. The van der Waals surface area contributed by atoms with E-state index in [0.717, 1.165) is 36.0 Å². The molecule has 1 fully saturated rings. The van der Waals surface area contributed by atoms with Crippen molar-refractivity contribution in [2.24, 2.45) is 0 Å². The Bertz CT molecular complexity index is 451. The Morgan fingerprint density at radius 1 is 1.24 bits per heavy atom. The van der Waals surface area contributed by atoms with Crippen molar-refractivity contribution in [1.29, 1.82) is 0 Å². The third kappa shape index (κ3) is 4.68. The highest BCUT2D eigenvalue weighted by Gasteiger charge is 2.16. The summed E-state index contributed by atoms with van der Waals surface area (Å²) in [6.07, 6.45) is 0. The summed E-state index contributed by atoms with van der Waals surface area (Å²) in [5.74, 6) is 0. The Labute approximate surface area is 133 Å². The van der Waals surface area contributed by atoms with Gasteiger partial charge < -0.3 is 10.2 Å². The lowest BCUT2D eigenvalue weighted by molar-refractivity contribution is 0.144. The van der Waals surface area contributed by atoms with E-state index in [2.05, 4.69) is 34.2 Å². The van der Waals surface area contributed by atoms with Gasteiger partial charge in [0.05, 0.1) is 23.0 Å². The van der Waals surface area contributed by atoms with Gasteiger partial charge in [0.2, 0.25) is 0 Å². The molecule has 0 bridgehead atoms. The molecule has 2 rings (SSSR count). The van der Waals surface area contributed by atoms with E-state index in [9.17, 15) is 0 Å². The molecule has 0 aliphatic carbocycles. The van der Waals surface area contributed by atoms with Crippen LogP contribution in [0.4, 0.5) is 0 Å². The van der Waals surface area contributed by atoms with E-state index >= 15 is 0 Å². The largest absolute Gasteiger partial charge is 0.311 e. The number of nitrogens with zero attached hydrogens (tertiary/aromatic N) is 4. The number of rotatable bonds is 6. The average molecular weight is 314 g/mol. The number of aryl methyl sites for hydroxylation is 1. The molecule has 1 N–H and O–H groups in total. The maximum absolute atomic E-state index is 6.17. The van der Waals surface area contributed by atoms with E-state index in [4.69, 9.17) is 11.6 Å². The van der Waals surface area contributed by atoms with Gasteiger partial charge in [0.1, 0.15) is 0 Å². The lowest BCUT2D eigenvalue weighted by Crippen LogP contribution is -2.49. The minimum Gasteiger partial charge on any atom is -0.311 e. The molecular weight excluding hydrogens is 286 g/mol. The molecule has 1 aliphatic heterocycles. The zero-order valence-electron chi connectivity index (χ0n) is 13.7. The van der Waals surface area contributed by atoms with Crippen LogP contribution in [0.5, 0.6) is 0 Å². The van der Waals surface area contributed by atoms with E-state index in [0.29, 0.717) is 6.04 Å². The summed E-state index contributed by atoms with van der Waals surface area (Å²) in [7, 11) is 2.19. The second-order valence-electron chi connectivity index (χ2n) is 6.17. The summed E-state index contributed by atoms with van der Waals surface area (Å²) in [5, 5.41) is 8.84. The zero-order chi connectivity index (χ0) is 15.4. The monoisotopic (exact) mass is 313 g/mol. The molecule has 1 saturated heterocycles. The Morgan fingerprint density at radius 2 is 1.90 bits per heavy atom. The minimum absolute atomic E-state index is 0.501. The molecular formula is C15H28ClN5. The molecule has 0 saturated carbocycles. The third-order valence-electron chi connectivity index (χ3n) is 4.24. The highest BCUT2D eigenvalue weighted by atomic mass is 35.5. The maximum Gasteiger partial charge on any atom is 0.0844 e. The van der Waals surface area contributed by atoms with E-state index < -0.39 is 0 Å². The van der Waals surface area contributed by atoms with Crippen LogP contribution in [0.3, 0.4) is 0 Å². The van der Waals surface area contributed by atoms with E-state index in [-0.39, 0.29) is 0 Å². The number of hydrogen-bond acceptors (Lipinski definition) is 4. The number of likely N-dealkylation sites (N-methyl/N-ethyl adjacent to an activating group) is 1.